The molecule has 4 aromatic carbocycles. The number of benzene rings is 4. The number of para-hydroxylation sites is 1. The number of amidine groups is 2. The lowest BCUT2D eigenvalue weighted by Crippen LogP contribution is -2.53. The van der Waals surface area contributed by atoms with Crippen molar-refractivity contribution in [3.63, 3.8) is 0 Å². The predicted molar refractivity (Wildman–Crippen MR) is 232 cm³/mol. The molecule has 0 saturated carbocycles. The number of nitrogens with zero attached hydrogens (tertiary/aromatic N) is 7. The minimum Gasteiger partial charge on any atom is -0.321 e. The van der Waals surface area contributed by atoms with E-state index in [1.165, 1.54) is 27.1 Å². The molecule has 0 saturated heterocycles. The summed E-state index contributed by atoms with van der Waals surface area (Å²) in [5, 5.41) is 4.83. The first kappa shape index (κ1) is 34.9. The zero-order valence-corrected chi connectivity index (χ0v) is 33.6. The van der Waals surface area contributed by atoms with Gasteiger partial charge in [0.1, 0.15) is 11.7 Å². The molecule has 7 nitrogen and oxygen atoms in total. The number of anilines is 2. The van der Waals surface area contributed by atoms with Crippen LogP contribution in [0.4, 0.5) is 11.4 Å². The SMILES string of the molecule is CC1=NC(C)(C)C(C)(C)N1c1cncc(-c2ccc3c(ccc4c5ccc(-c6cncc(N7C(C)=NC(C)(C)C7(C)C)c6)cc5n(-c5ccccc5)c34)c2)c1. The van der Waals surface area contributed by atoms with Crippen LogP contribution in [0, 0.1) is 0 Å². The lowest BCUT2D eigenvalue weighted by molar-refractivity contribution is 0.338. The van der Waals surface area contributed by atoms with E-state index in [9.17, 15) is 0 Å². The Morgan fingerprint density at radius 1 is 0.455 bits per heavy atom. The zero-order valence-electron chi connectivity index (χ0n) is 33.6. The summed E-state index contributed by atoms with van der Waals surface area (Å²) in [6.07, 6.45) is 7.86. The van der Waals surface area contributed by atoms with Gasteiger partial charge in [0.2, 0.25) is 0 Å². The Bertz CT molecular complexity index is 2750. The second-order valence-corrected chi connectivity index (χ2v) is 17.4. The Balaban J connectivity index is 1.17. The molecule has 276 valence electrons. The smallest absolute Gasteiger partial charge is 0.102 e. The Morgan fingerprint density at radius 2 is 0.964 bits per heavy atom. The Kier molecular flexibility index (Phi) is 7.52. The van der Waals surface area contributed by atoms with Crippen molar-refractivity contribution < 1.29 is 0 Å². The van der Waals surface area contributed by atoms with E-state index >= 15 is 0 Å². The van der Waals surface area contributed by atoms with Crippen molar-refractivity contribution in [1.29, 1.82) is 0 Å². The van der Waals surface area contributed by atoms with E-state index in [0.29, 0.717) is 0 Å². The van der Waals surface area contributed by atoms with Crippen molar-refractivity contribution in [1.82, 2.24) is 14.5 Å². The molecule has 3 aromatic heterocycles. The number of aromatic nitrogens is 3. The van der Waals surface area contributed by atoms with Crippen molar-refractivity contribution in [3.8, 4) is 27.9 Å². The maximum absolute atomic E-state index is 5.03. The highest BCUT2D eigenvalue weighted by atomic mass is 15.3. The van der Waals surface area contributed by atoms with Crippen molar-refractivity contribution in [2.75, 3.05) is 9.80 Å². The summed E-state index contributed by atoms with van der Waals surface area (Å²) in [5.74, 6) is 2.02. The molecule has 0 radical (unpaired) electrons. The van der Waals surface area contributed by atoms with E-state index in [4.69, 9.17) is 20.0 Å². The van der Waals surface area contributed by atoms with Crippen LogP contribution in [0.2, 0.25) is 0 Å². The van der Waals surface area contributed by atoms with E-state index in [-0.39, 0.29) is 22.2 Å². The van der Waals surface area contributed by atoms with Crippen molar-refractivity contribution >= 4 is 55.6 Å². The first-order chi connectivity index (χ1) is 26.1. The molecule has 7 aromatic rings. The molecule has 2 aliphatic rings. The second kappa shape index (κ2) is 11.8. The van der Waals surface area contributed by atoms with Crippen molar-refractivity contribution in [3.05, 3.63) is 116 Å². The molecule has 55 heavy (non-hydrogen) atoms. The molecule has 0 unspecified atom stereocenters. The molecule has 5 heterocycles. The Hall–Kier alpha value is -5.82. The van der Waals surface area contributed by atoms with Gasteiger partial charge in [-0.3, -0.25) is 20.0 Å². The highest BCUT2D eigenvalue weighted by Gasteiger charge is 2.49. The van der Waals surface area contributed by atoms with Gasteiger partial charge in [-0.1, -0.05) is 54.6 Å². The third-order valence-corrected chi connectivity index (χ3v) is 13.0. The van der Waals surface area contributed by atoms with E-state index in [0.717, 1.165) is 56.5 Å². The number of rotatable bonds is 5. The van der Waals surface area contributed by atoms with Crippen LogP contribution in [0.25, 0.3) is 60.5 Å². The van der Waals surface area contributed by atoms with Crippen LogP contribution >= 0.6 is 0 Å². The normalized spacial score (nSPS) is 18.4. The number of fused-ring (bicyclic) bond motifs is 5. The third-order valence-electron chi connectivity index (χ3n) is 13.0. The summed E-state index contributed by atoms with van der Waals surface area (Å²) in [6, 6.07) is 33.4. The van der Waals surface area contributed by atoms with Crippen LogP contribution in [0.15, 0.2) is 126 Å². The van der Waals surface area contributed by atoms with E-state index in [2.05, 4.69) is 175 Å². The van der Waals surface area contributed by atoms with Crippen molar-refractivity contribution in [2.45, 2.75) is 91.4 Å². The van der Waals surface area contributed by atoms with Gasteiger partial charge in [0, 0.05) is 45.4 Å². The summed E-state index contributed by atoms with van der Waals surface area (Å²) in [4.78, 5) is 24.2. The second-order valence-electron chi connectivity index (χ2n) is 17.4. The third kappa shape index (κ3) is 5.15. The minimum absolute atomic E-state index is 0.188. The van der Waals surface area contributed by atoms with Crippen LogP contribution in [-0.2, 0) is 0 Å². The van der Waals surface area contributed by atoms with E-state index < -0.39 is 0 Å². The van der Waals surface area contributed by atoms with Gasteiger partial charge >= 0.3 is 0 Å². The Labute approximate surface area is 324 Å². The molecule has 0 N–H and O–H groups in total. The van der Waals surface area contributed by atoms with Crippen LogP contribution in [-0.4, -0.2) is 48.4 Å². The fourth-order valence-corrected chi connectivity index (χ4v) is 9.01. The predicted octanol–water partition coefficient (Wildman–Crippen LogP) is 11.7. The van der Waals surface area contributed by atoms with Crippen LogP contribution in [0.3, 0.4) is 0 Å². The average Bonchev–Trinajstić information content (AvgIpc) is 3.63. The number of pyridine rings is 2. The molecule has 2 aliphatic heterocycles. The zero-order chi connectivity index (χ0) is 38.7. The molecular formula is C48H49N7. The number of aliphatic imine (C=N–C) groups is 2. The van der Waals surface area contributed by atoms with Gasteiger partial charge in [0.15, 0.2) is 0 Å². The minimum atomic E-state index is -0.218. The summed E-state index contributed by atoms with van der Waals surface area (Å²) in [7, 11) is 0. The fourth-order valence-electron chi connectivity index (χ4n) is 9.01. The van der Waals surface area contributed by atoms with Crippen molar-refractivity contribution in [2.24, 2.45) is 9.98 Å². The van der Waals surface area contributed by atoms with Crippen LogP contribution in [0.1, 0.15) is 69.2 Å². The quantitative estimate of drug-likeness (QED) is 0.177. The first-order valence-electron chi connectivity index (χ1n) is 19.3. The molecule has 0 aliphatic carbocycles. The molecule has 0 bridgehead atoms. The maximum atomic E-state index is 5.03. The maximum Gasteiger partial charge on any atom is 0.102 e. The van der Waals surface area contributed by atoms with Gasteiger partial charge in [-0.05, 0) is 122 Å². The van der Waals surface area contributed by atoms with Gasteiger partial charge in [0.05, 0.1) is 57.0 Å². The van der Waals surface area contributed by atoms with Gasteiger partial charge in [-0.15, -0.1) is 0 Å². The number of hydrogen-bond donors (Lipinski definition) is 0. The first-order valence-corrected chi connectivity index (χ1v) is 19.3. The average molecular weight is 724 g/mol. The van der Waals surface area contributed by atoms with Crippen LogP contribution < -0.4 is 9.80 Å². The summed E-state index contributed by atoms with van der Waals surface area (Å²) >= 11 is 0. The molecular weight excluding hydrogens is 675 g/mol. The van der Waals surface area contributed by atoms with Gasteiger partial charge in [0.25, 0.3) is 0 Å². The molecule has 9 rings (SSSR count). The van der Waals surface area contributed by atoms with Crippen LogP contribution in [0.5, 0.6) is 0 Å². The highest BCUT2D eigenvalue weighted by Crippen LogP contribution is 2.44. The Morgan fingerprint density at radius 3 is 1.49 bits per heavy atom. The molecule has 0 atom stereocenters. The largest absolute Gasteiger partial charge is 0.321 e. The van der Waals surface area contributed by atoms with E-state index in [1.807, 2.05) is 24.8 Å². The standard InChI is InChI=1S/C48H49N7/c1-30-51-45(3,4)47(7,8)54(30)38-23-35(26-49-28-38)32-16-19-40-34(22-32)18-21-42-41-20-17-33(25-43(41)53(44(40)42)37-14-12-11-13-15-37)36-24-39(29-50-27-36)55-31(2)52-46(5,6)48(55,9)10/h11-29H,1-10H3. The molecule has 7 heteroatoms. The lowest BCUT2D eigenvalue weighted by atomic mass is 9.83. The van der Waals surface area contributed by atoms with E-state index in [1.54, 1.807) is 0 Å². The summed E-state index contributed by atoms with van der Waals surface area (Å²) in [5.41, 5.74) is 9.19. The highest BCUT2D eigenvalue weighted by molar-refractivity contribution is 6.19. The molecule has 0 fully saturated rings. The monoisotopic (exact) mass is 723 g/mol. The summed E-state index contributed by atoms with van der Waals surface area (Å²) in [6.45, 7) is 22.1. The lowest BCUT2D eigenvalue weighted by Gasteiger charge is -2.41. The van der Waals surface area contributed by atoms with Gasteiger partial charge < -0.3 is 14.4 Å². The fraction of sp³-hybridized carbons (Fsp3) is 0.292. The van der Waals surface area contributed by atoms with Gasteiger partial charge in [-0.25, -0.2) is 0 Å². The number of hydrogen-bond acceptors (Lipinski definition) is 6. The molecule has 0 spiro atoms. The summed E-state index contributed by atoms with van der Waals surface area (Å²) < 4.78 is 2.43. The topological polar surface area (TPSA) is 61.9 Å². The van der Waals surface area contributed by atoms with Gasteiger partial charge in [-0.2, -0.15) is 0 Å². The molecule has 0 amide bonds.